The number of carbonyl (C=O) groups excluding carboxylic acids is 1. The highest BCUT2D eigenvalue weighted by atomic mass is 16.5. The van der Waals surface area contributed by atoms with Crippen LogP contribution in [0.2, 0.25) is 0 Å². The highest BCUT2D eigenvalue weighted by molar-refractivity contribution is 5.66. The summed E-state index contributed by atoms with van der Waals surface area (Å²) in [6.07, 6.45) is 2.96. The third kappa shape index (κ3) is 3.02. The van der Waals surface area contributed by atoms with Crippen LogP contribution in [-0.2, 0) is 9.53 Å². The van der Waals surface area contributed by atoms with Gasteiger partial charge in [-0.1, -0.05) is 25.5 Å². The first-order valence-corrected chi connectivity index (χ1v) is 6.43. The van der Waals surface area contributed by atoms with Gasteiger partial charge in [0.15, 0.2) is 0 Å². The van der Waals surface area contributed by atoms with Crippen molar-refractivity contribution < 1.29 is 14.6 Å². The Labute approximate surface area is 110 Å². The van der Waals surface area contributed by atoms with E-state index in [9.17, 15) is 9.90 Å². The molecule has 2 unspecified atom stereocenters. The summed E-state index contributed by atoms with van der Waals surface area (Å²) >= 11 is 0. The van der Waals surface area contributed by atoms with Crippen molar-refractivity contribution >= 4 is 5.97 Å². The van der Waals surface area contributed by atoms with E-state index >= 15 is 0 Å². The Kier molecular flexibility index (Phi) is 4.74. The van der Waals surface area contributed by atoms with Gasteiger partial charge in [-0.05, 0) is 36.7 Å². The van der Waals surface area contributed by atoms with Crippen LogP contribution in [0.4, 0.5) is 0 Å². The lowest BCUT2D eigenvalue weighted by Crippen LogP contribution is -2.39. The number of carbonyl (C=O) groups is 1. The molecule has 0 heterocycles. The van der Waals surface area contributed by atoms with E-state index < -0.39 is 6.10 Å². The summed E-state index contributed by atoms with van der Waals surface area (Å²) in [7, 11) is 0. The lowest BCUT2D eigenvalue weighted by Gasteiger charge is -2.43. The van der Waals surface area contributed by atoms with E-state index in [0.717, 1.165) is 18.4 Å². The Bertz CT molecular complexity index is 366. The fourth-order valence-corrected chi connectivity index (χ4v) is 2.90. The monoisotopic (exact) mass is 252 g/mol. The van der Waals surface area contributed by atoms with Crippen molar-refractivity contribution in [1.29, 1.82) is 0 Å². The van der Waals surface area contributed by atoms with E-state index in [-0.39, 0.29) is 17.3 Å². The van der Waals surface area contributed by atoms with Crippen LogP contribution in [0.5, 0.6) is 0 Å². The number of ether oxygens (including phenoxy) is 1. The third-order valence-corrected chi connectivity index (χ3v) is 4.12. The smallest absolute Gasteiger partial charge is 0.302 e. The molecule has 0 aliphatic heterocycles. The standard InChI is InChI=1S/C15H24O3/c1-6-14(17)12-8-7-10(2)13(15(12,4)5)9-18-11(3)16/h6,12,14,17H,1,7-9H2,2-5H3. The third-order valence-electron chi connectivity index (χ3n) is 4.12. The molecule has 18 heavy (non-hydrogen) atoms. The van der Waals surface area contributed by atoms with Gasteiger partial charge in [-0.2, -0.15) is 0 Å². The van der Waals surface area contributed by atoms with Gasteiger partial charge in [-0.15, -0.1) is 6.58 Å². The molecule has 3 nitrogen and oxygen atoms in total. The van der Waals surface area contributed by atoms with Gasteiger partial charge in [-0.3, -0.25) is 4.79 Å². The molecule has 2 atom stereocenters. The quantitative estimate of drug-likeness (QED) is 0.618. The van der Waals surface area contributed by atoms with Crippen LogP contribution in [-0.4, -0.2) is 23.8 Å². The molecule has 3 heteroatoms. The summed E-state index contributed by atoms with van der Waals surface area (Å²) in [6, 6.07) is 0. The average molecular weight is 252 g/mol. The Morgan fingerprint density at radius 3 is 2.78 bits per heavy atom. The summed E-state index contributed by atoms with van der Waals surface area (Å²) in [5, 5.41) is 10.1. The van der Waals surface area contributed by atoms with Gasteiger partial charge < -0.3 is 9.84 Å². The van der Waals surface area contributed by atoms with E-state index in [1.54, 1.807) is 6.08 Å². The van der Waals surface area contributed by atoms with Crippen molar-refractivity contribution in [1.82, 2.24) is 0 Å². The molecule has 1 rings (SSSR count). The molecule has 0 radical (unpaired) electrons. The second-order valence-corrected chi connectivity index (χ2v) is 5.63. The van der Waals surface area contributed by atoms with Crippen LogP contribution in [0.3, 0.4) is 0 Å². The SMILES string of the molecule is C=CC(O)C1CCC(C)=C(COC(C)=O)C1(C)C. The van der Waals surface area contributed by atoms with Gasteiger partial charge in [0, 0.05) is 6.92 Å². The number of hydrogen-bond acceptors (Lipinski definition) is 3. The maximum Gasteiger partial charge on any atom is 0.302 e. The van der Waals surface area contributed by atoms with Gasteiger partial charge in [0.1, 0.15) is 6.61 Å². The maximum absolute atomic E-state index is 11.0. The predicted molar refractivity (Wildman–Crippen MR) is 72.0 cm³/mol. The van der Waals surface area contributed by atoms with Crippen LogP contribution in [0.25, 0.3) is 0 Å². The molecule has 0 aromatic rings. The number of esters is 1. The zero-order valence-electron chi connectivity index (χ0n) is 11.8. The molecule has 0 aromatic carbocycles. The van der Waals surface area contributed by atoms with Crippen molar-refractivity contribution in [2.24, 2.45) is 11.3 Å². The van der Waals surface area contributed by atoms with Crippen LogP contribution < -0.4 is 0 Å². The highest BCUT2D eigenvalue weighted by Crippen LogP contribution is 2.46. The largest absolute Gasteiger partial charge is 0.461 e. The van der Waals surface area contributed by atoms with E-state index in [4.69, 9.17) is 4.74 Å². The van der Waals surface area contributed by atoms with Crippen LogP contribution >= 0.6 is 0 Å². The van der Waals surface area contributed by atoms with Gasteiger partial charge >= 0.3 is 5.97 Å². The van der Waals surface area contributed by atoms with Crippen molar-refractivity contribution in [3.8, 4) is 0 Å². The van der Waals surface area contributed by atoms with E-state index in [1.807, 2.05) is 0 Å². The molecule has 0 aromatic heterocycles. The van der Waals surface area contributed by atoms with E-state index in [2.05, 4.69) is 27.4 Å². The van der Waals surface area contributed by atoms with Gasteiger partial charge in [0.2, 0.25) is 0 Å². The Balaban J connectivity index is 2.97. The highest BCUT2D eigenvalue weighted by Gasteiger charge is 2.40. The molecule has 0 bridgehead atoms. The van der Waals surface area contributed by atoms with Crippen LogP contribution in [0.1, 0.15) is 40.5 Å². The van der Waals surface area contributed by atoms with Gasteiger partial charge in [-0.25, -0.2) is 0 Å². The minimum atomic E-state index is -0.513. The molecule has 0 saturated heterocycles. The lowest BCUT2D eigenvalue weighted by atomic mass is 9.63. The lowest BCUT2D eigenvalue weighted by molar-refractivity contribution is -0.140. The molecule has 102 valence electrons. The second kappa shape index (κ2) is 5.70. The zero-order valence-corrected chi connectivity index (χ0v) is 11.8. The van der Waals surface area contributed by atoms with Crippen molar-refractivity contribution in [3.63, 3.8) is 0 Å². The van der Waals surface area contributed by atoms with E-state index in [0.29, 0.717) is 6.61 Å². The van der Waals surface area contributed by atoms with E-state index in [1.165, 1.54) is 12.5 Å². The molecular formula is C15H24O3. The van der Waals surface area contributed by atoms with Crippen LogP contribution in [0.15, 0.2) is 23.8 Å². The fourth-order valence-electron chi connectivity index (χ4n) is 2.90. The molecule has 0 saturated carbocycles. The van der Waals surface area contributed by atoms with Gasteiger partial charge in [0.05, 0.1) is 6.10 Å². The number of aliphatic hydroxyl groups excluding tert-OH is 1. The minimum Gasteiger partial charge on any atom is -0.461 e. The maximum atomic E-state index is 11.0. The summed E-state index contributed by atoms with van der Waals surface area (Å²) in [5.41, 5.74) is 2.23. The molecule has 1 aliphatic rings. The first-order chi connectivity index (χ1) is 8.30. The number of aliphatic hydroxyl groups is 1. The minimum absolute atomic E-state index is 0.129. The van der Waals surface area contributed by atoms with Crippen LogP contribution in [0, 0.1) is 11.3 Å². The Morgan fingerprint density at radius 2 is 2.28 bits per heavy atom. The predicted octanol–water partition coefficient (Wildman–Crippen LogP) is 2.85. The first kappa shape index (κ1) is 15.0. The van der Waals surface area contributed by atoms with Crippen molar-refractivity contribution in [2.75, 3.05) is 6.61 Å². The molecule has 1 aliphatic carbocycles. The number of rotatable bonds is 4. The Morgan fingerprint density at radius 1 is 1.67 bits per heavy atom. The second-order valence-electron chi connectivity index (χ2n) is 5.63. The number of hydrogen-bond donors (Lipinski definition) is 1. The molecule has 0 fully saturated rings. The molecular weight excluding hydrogens is 228 g/mol. The van der Waals surface area contributed by atoms with Crippen molar-refractivity contribution in [3.05, 3.63) is 23.8 Å². The summed E-state index contributed by atoms with van der Waals surface area (Å²) in [5.74, 6) is -0.137. The van der Waals surface area contributed by atoms with Crippen molar-refractivity contribution in [2.45, 2.75) is 46.6 Å². The average Bonchev–Trinajstić information content (AvgIpc) is 2.26. The molecule has 1 N–H and O–H groups in total. The molecule has 0 amide bonds. The topological polar surface area (TPSA) is 46.5 Å². The summed E-state index contributed by atoms with van der Waals surface area (Å²) in [4.78, 5) is 11.0. The van der Waals surface area contributed by atoms with Gasteiger partial charge in [0.25, 0.3) is 0 Å². The summed E-state index contributed by atoms with van der Waals surface area (Å²) in [6.45, 7) is 11.7. The normalized spacial score (nSPS) is 24.6. The fraction of sp³-hybridized carbons (Fsp3) is 0.667. The summed E-state index contributed by atoms with van der Waals surface area (Å²) < 4.78 is 5.14. The number of allylic oxidation sites excluding steroid dienone is 1. The Hall–Kier alpha value is -1.09. The molecule has 0 spiro atoms. The zero-order chi connectivity index (χ0) is 13.9. The first-order valence-electron chi connectivity index (χ1n) is 6.43.